The predicted octanol–water partition coefficient (Wildman–Crippen LogP) is 6.41. The average molecular weight is 440 g/mol. The van der Waals surface area contributed by atoms with Gasteiger partial charge in [-0.2, -0.15) is 0 Å². The van der Waals surface area contributed by atoms with Gasteiger partial charge in [0, 0.05) is 23.1 Å². The molecule has 1 heterocycles. The van der Waals surface area contributed by atoms with Gasteiger partial charge in [0.05, 0.1) is 0 Å². The lowest BCUT2D eigenvalue weighted by Crippen LogP contribution is -2.19. The van der Waals surface area contributed by atoms with Crippen molar-refractivity contribution in [2.45, 2.75) is 64.3 Å². The third-order valence-corrected chi connectivity index (χ3v) is 6.59. The first-order valence-electron chi connectivity index (χ1n) is 11.9. The predicted molar refractivity (Wildman–Crippen MR) is 136 cm³/mol. The van der Waals surface area contributed by atoms with E-state index in [1.54, 1.807) is 0 Å². The van der Waals surface area contributed by atoms with Gasteiger partial charge in [-0.3, -0.25) is 0 Å². The number of hydrogen-bond donors (Lipinski definition) is 2. The van der Waals surface area contributed by atoms with E-state index in [9.17, 15) is 0 Å². The molecule has 1 aliphatic carbocycles. The minimum atomic E-state index is 0. The number of aromatic nitrogens is 1. The highest BCUT2D eigenvalue weighted by Crippen LogP contribution is 2.35. The maximum Gasteiger partial charge on any atom is 0.0486 e. The highest BCUT2D eigenvalue weighted by atomic mass is 35.5. The zero-order valence-electron chi connectivity index (χ0n) is 18.9. The van der Waals surface area contributed by atoms with Gasteiger partial charge in [-0.15, -0.1) is 12.4 Å². The molecule has 0 atom stereocenters. The second kappa shape index (κ2) is 11.7. The Kier molecular flexibility index (Phi) is 9.01. The molecule has 3 nitrogen and oxygen atoms in total. The van der Waals surface area contributed by atoms with Crippen molar-refractivity contribution < 1.29 is 0 Å². The normalized spacial score (nSPS) is 14.6. The van der Waals surface area contributed by atoms with Crippen LogP contribution >= 0.6 is 12.4 Å². The molecule has 4 rings (SSSR count). The van der Waals surface area contributed by atoms with E-state index in [4.69, 9.17) is 5.73 Å². The molecule has 2 aromatic carbocycles. The molecule has 4 heteroatoms. The number of hydrogen-bond acceptors (Lipinski definition) is 2. The summed E-state index contributed by atoms with van der Waals surface area (Å²) < 4.78 is 2.60. The quantitative estimate of drug-likeness (QED) is 0.378. The molecule has 1 aliphatic rings. The van der Waals surface area contributed by atoms with E-state index in [0.29, 0.717) is 6.04 Å². The number of aryl methyl sites for hydroxylation is 2. The summed E-state index contributed by atoms with van der Waals surface area (Å²) in [6, 6.07) is 16.6. The molecule has 0 aliphatic heterocycles. The lowest BCUT2D eigenvalue weighted by molar-refractivity contribution is 0.360. The second-order valence-corrected chi connectivity index (χ2v) is 8.95. The largest absolute Gasteiger partial charge is 0.344 e. The Balaban J connectivity index is 0.00000272. The van der Waals surface area contributed by atoms with Gasteiger partial charge in [-0.25, -0.2) is 0 Å². The summed E-state index contributed by atoms with van der Waals surface area (Å²) in [5.41, 5.74) is 12.5. The van der Waals surface area contributed by atoms with Gasteiger partial charge < -0.3 is 15.6 Å². The lowest BCUT2D eigenvalue weighted by Gasteiger charge is -2.24. The Morgan fingerprint density at radius 1 is 0.968 bits per heavy atom. The van der Waals surface area contributed by atoms with Crippen LogP contribution in [0.2, 0.25) is 0 Å². The van der Waals surface area contributed by atoms with E-state index in [2.05, 4.69) is 65.5 Å². The van der Waals surface area contributed by atoms with Crippen molar-refractivity contribution in [1.82, 2.24) is 9.88 Å². The van der Waals surface area contributed by atoms with Gasteiger partial charge >= 0.3 is 0 Å². The van der Waals surface area contributed by atoms with E-state index >= 15 is 0 Å². The summed E-state index contributed by atoms with van der Waals surface area (Å²) in [6.45, 7) is 5.03. The fourth-order valence-corrected chi connectivity index (χ4v) is 4.95. The van der Waals surface area contributed by atoms with Crippen LogP contribution < -0.4 is 11.1 Å². The third-order valence-electron chi connectivity index (χ3n) is 6.59. The molecule has 0 saturated heterocycles. The minimum Gasteiger partial charge on any atom is -0.344 e. The van der Waals surface area contributed by atoms with Crippen LogP contribution in [0.4, 0.5) is 0 Å². The zero-order valence-corrected chi connectivity index (χ0v) is 19.7. The Hall–Kier alpha value is -1.81. The molecule has 31 heavy (non-hydrogen) atoms. The molecule has 0 bridgehead atoms. The molecule has 0 amide bonds. The summed E-state index contributed by atoms with van der Waals surface area (Å²) in [7, 11) is 0. The van der Waals surface area contributed by atoms with Gasteiger partial charge in [0.15, 0.2) is 0 Å². The summed E-state index contributed by atoms with van der Waals surface area (Å²) in [4.78, 5) is 0. The maximum absolute atomic E-state index is 5.60. The highest BCUT2D eigenvalue weighted by molar-refractivity contribution is 5.89. The van der Waals surface area contributed by atoms with Crippen LogP contribution in [0.1, 0.15) is 62.1 Å². The first-order chi connectivity index (χ1) is 14.8. The molecule has 0 unspecified atom stereocenters. The maximum atomic E-state index is 5.60. The van der Waals surface area contributed by atoms with Crippen LogP contribution in [0.15, 0.2) is 48.7 Å². The minimum absolute atomic E-state index is 0. The topological polar surface area (TPSA) is 43.0 Å². The van der Waals surface area contributed by atoms with Crippen LogP contribution in [-0.4, -0.2) is 24.2 Å². The highest BCUT2D eigenvalue weighted by Gasteiger charge is 2.19. The van der Waals surface area contributed by atoms with Crippen LogP contribution in [-0.2, 0) is 6.42 Å². The smallest absolute Gasteiger partial charge is 0.0486 e. The van der Waals surface area contributed by atoms with Gasteiger partial charge in [-0.1, -0.05) is 55.2 Å². The van der Waals surface area contributed by atoms with Crippen molar-refractivity contribution >= 4 is 23.3 Å². The van der Waals surface area contributed by atoms with Gasteiger partial charge in [0.2, 0.25) is 0 Å². The number of nitrogens with one attached hydrogen (secondary N) is 1. The number of halogens is 1. The molecular weight excluding hydrogens is 402 g/mol. The van der Waals surface area contributed by atoms with Gasteiger partial charge in [0.1, 0.15) is 0 Å². The number of nitrogens with two attached hydrogens (primary N) is 1. The molecule has 1 aromatic heterocycles. The molecule has 1 fully saturated rings. The summed E-state index contributed by atoms with van der Waals surface area (Å²) in [6.07, 6.45) is 12.6. The van der Waals surface area contributed by atoms with Crippen LogP contribution in [0, 0.1) is 6.92 Å². The number of nitrogens with zero attached hydrogens (tertiary/aromatic N) is 1. The van der Waals surface area contributed by atoms with Crippen LogP contribution in [0.5, 0.6) is 0 Å². The van der Waals surface area contributed by atoms with Crippen molar-refractivity contribution in [3.8, 4) is 11.1 Å². The van der Waals surface area contributed by atoms with E-state index in [-0.39, 0.29) is 12.4 Å². The lowest BCUT2D eigenvalue weighted by atomic mass is 9.95. The first-order valence-corrected chi connectivity index (χ1v) is 11.9. The Morgan fingerprint density at radius 2 is 1.74 bits per heavy atom. The number of rotatable bonds is 9. The Bertz CT molecular complexity index is 956. The average Bonchev–Trinajstić information content (AvgIpc) is 3.15. The Morgan fingerprint density at radius 3 is 2.52 bits per heavy atom. The van der Waals surface area contributed by atoms with Gasteiger partial charge in [-0.05, 0) is 87.5 Å². The second-order valence-electron chi connectivity index (χ2n) is 8.95. The van der Waals surface area contributed by atoms with E-state index < -0.39 is 0 Å². The summed E-state index contributed by atoms with van der Waals surface area (Å²) >= 11 is 0. The van der Waals surface area contributed by atoms with Crippen molar-refractivity contribution in [2.75, 3.05) is 19.6 Å². The van der Waals surface area contributed by atoms with Gasteiger partial charge in [0.25, 0.3) is 0 Å². The molecule has 0 radical (unpaired) electrons. The number of fused-ring (bicyclic) bond motifs is 1. The van der Waals surface area contributed by atoms with Crippen molar-refractivity contribution in [2.24, 2.45) is 5.73 Å². The fraction of sp³-hybridized carbons (Fsp3) is 0.481. The van der Waals surface area contributed by atoms with Crippen LogP contribution in [0.25, 0.3) is 22.0 Å². The standard InChI is InChI=1S/C27H37N3.ClH/c1-21-8-5-9-22(18-21)23-13-14-27-26(19-23)24(10-6-16-29-17-7-15-28)20-30(27)25-11-3-2-4-12-25;/h5,8-9,13-14,18-20,25,29H,2-4,6-7,10-12,15-17,28H2,1H3;1H. The summed E-state index contributed by atoms with van der Waals surface area (Å²) in [5.74, 6) is 0. The molecule has 1 saturated carbocycles. The molecule has 3 aromatic rings. The summed E-state index contributed by atoms with van der Waals surface area (Å²) in [5, 5.41) is 4.98. The molecule has 0 spiro atoms. The monoisotopic (exact) mass is 439 g/mol. The third kappa shape index (κ3) is 5.91. The van der Waals surface area contributed by atoms with Crippen molar-refractivity contribution in [1.29, 1.82) is 0 Å². The van der Waals surface area contributed by atoms with E-state index in [1.807, 2.05) is 0 Å². The van der Waals surface area contributed by atoms with Crippen molar-refractivity contribution in [3.05, 3.63) is 59.8 Å². The fourth-order valence-electron chi connectivity index (χ4n) is 4.95. The van der Waals surface area contributed by atoms with Crippen molar-refractivity contribution in [3.63, 3.8) is 0 Å². The Labute approximate surface area is 193 Å². The number of benzene rings is 2. The first kappa shape index (κ1) is 23.8. The van der Waals surface area contributed by atoms with E-state index in [1.165, 1.54) is 71.7 Å². The SMILES string of the molecule is Cc1cccc(-c2ccc3c(c2)c(CCCNCCCN)cn3C2CCCCC2)c1.Cl. The molecule has 3 N–H and O–H groups in total. The zero-order chi connectivity index (χ0) is 20.8. The van der Waals surface area contributed by atoms with E-state index in [0.717, 1.165) is 32.5 Å². The van der Waals surface area contributed by atoms with Crippen LogP contribution in [0.3, 0.4) is 0 Å². The molecular formula is C27H38ClN3. The molecule has 168 valence electrons.